The Morgan fingerprint density at radius 1 is 1.25 bits per heavy atom. The number of hydrogen-bond acceptors (Lipinski definition) is 4. The van der Waals surface area contributed by atoms with Crippen molar-refractivity contribution in [1.82, 2.24) is 10.2 Å². The van der Waals surface area contributed by atoms with Crippen molar-refractivity contribution in [1.29, 1.82) is 5.41 Å². The summed E-state index contributed by atoms with van der Waals surface area (Å²) in [6.07, 6.45) is 1.23. The number of anilines is 1. The lowest BCUT2D eigenvalue weighted by atomic mass is 9.85. The molecule has 20 heavy (non-hydrogen) atoms. The molecule has 1 aliphatic heterocycles. The van der Waals surface area contributed by atoms with Crippen molar-refractivity contribution in [2.75, 3.05) is 11.4 Å². The Bertz CT molecular complexity index is 525. The second-order valence-electron chi connectivity index (χ2n) is 6.23. The van der Waals surface area contributed by atoms with Gasteiger partial charge in [0.1, 0.15) is 5.84 Å². The fraction of sp³-hybridized carbons (Fsp3) is 0.667. The van der Waals surface area contributed by atoms with Crippen LogP contribution in [0.5, 0.6) is 0 Å². The van der Waals surface area contributed by atoms with Gasteiger partial charge in [-0.1, -0.05) is 13.8 Å². The topological polar surface area (TPSA) is 78.9 Å². The Morgan fingerprint density at radius 3 is 2.50 bits per heavy atom. The standard InChI is InChI=1S/C15H25N5/c1-8-6-9(2)12(5)20(7-8)15-13(14(16)17)10(3)11(4)18-19-15/h8-9,12H,6-7H2,1-5H3,(H3,16,17). The van der Waals surface area contributed by atoms with Crippen molar-refractivity contribution in [2.24, 2.45) is 17.6 Å². The number of nitrogens with two attached hydrogens (primary N) is 1. The molecule has 5 heteroatoms. The predicted molar refractivity (Wildman–Crippen MR) is 82.3 cm³/mol. The zero-order valence-electron chi connectivity index (χ0n) is 13.1. The molecule has 5 nitrogen and oxygen atoms in total. The molecular weight excluding hydrogens is 250 g/mol. The van der Waals surface area contributed by atoms with E-state index < -0.39 is 0 Å². The van der Waals surface area contributed by atoms with E-state index in [4.69, 9.17) is 11.1 Å². The van der Waals surface area contributed by atoms with Crippen molar-refractivity contribution in [3.05, 3.63) is 16.8 Å². The highest BCUT2D eigenvalue weighted by molar-refractivity contribution is 6.01. The number of nitrogens with one attached hydrogen (secondary N) is 1. The number of aromatic nitrogens is 2. The molecule has 0 spiro atoms. The molecule has 3 atom stereocenters. The molecule has 3 N–H and O–H groups in total. The number of amidine groups is 1. The quantitative estimate of drug-likeness (QED) is 0.641. The Hall–Kier alpha value is -1.65. The highest BCUT2D eigenvalue weighted by Gasteiger charge is 2.32. The molecular formula is C15H25N5. The number of rotatable bonds is 2. The molecule has 0 aliphatic carbocycles. The third-order valence-corrected chi connectivity index (χ3v) is 4.58. The Kier molecular flexibility index (Phi) is 3.97. The smallest absolute Gasteiger partial charge is 0.162 e. The van der Waals surface area contributed by atoms with Gasteiger partial charge in [0, 0.05) is 12.6 Å². The maximum Gasteiger partial charge on any atom is 0.162 e. The molecule has 1 aliphatic rings. The number of hydrogen-bond donors (Lipinski definition) is 2. The molecule has 0 saturated carbocycles. The zero-order chi connectivity index (χ0) is 15.0. The van der Waals surface area contributed by atoms with Crippen LogP contribution in [0.1, 0.15) is 44.0 Å². The number of nitrogens with zero attached hydrogens (tertiary/aromatic N) is 3. The van der Waals surface area contributed by atoms with Crippen LogP contribution in [-0.4, -0.2) is 28.6 Å². The molecule has 0 radical (unpaired) electrons. The van der Waals surface area contributed by atoms with E-state index in [1.54, 1.807) is 0 Å². The first-order valence-corrected chi connectivity index (χ1v) is 7.27. The van der Waals surface area contributed by atoms with E-state index in [1.165, 1.54) is 6.42 Å². The van der Waals surface area contributed by atoms with E-state index in [0.29, 0.717) is 17.9 Å². The van der Waals surface area contributed by atoms with E-state index in [1.807, 2.05) is 13.8 Å². The van der Waals surface area contributed by atoms with E-state index >= 15 is 0 Å². The lowest BCUT2D eigenvalue weighted by molar-refractivity contribution is 0.295. The monoisotopic (exact) mass is 275 g/mol. The van der Waals surface area contributed by atoms with Crippen LogP contribution in [-0.2, 0) is 0 Å². The average Bonchev–Trinajstić information content (AvgIpc) is 2.36. The SMILES string of the molecule is Cc1nnc(N2CC(C)CC(C)C2C)c(C(=N)N)c1C. The lowest BCUT2D eigenvalue weighted by Gasteiger charge is -2.42. The molecule has 1 fully saturated rings. The van der Waals surface area contributed by atoms with Gasteiger partial charge in [0.15, 0.2) is 5.82 Å². The van der Waals surface area contributed by atoms with Crippen LogP contribution < -0.4 is 10.6 Å². The molecule has 2 heterocycles. The zero-order valence-corrected chi connectivity index (χ0v) is 13.1. The van der Waals surface area contributed by atoms with Gasteiger partial charge in [0.25, 0.3) is 0 Å². The summed E-state index contributed by atoms with van der Waals surface area (Å²) in [7, 11) is 0. The fourth-order valence-electron chi connectivity index (χ4n) is 3.11. The summed E-state index contributed by atoms with van der Waals surface area (Å²) in [4.78, 5) is 2.27. The van der Waals surface area contributed by atoms with E-state index in [-0.39, 0.29) is 5.84 Å². The van der Waals surface area contributed by atoms with Gasteiger partial charge in [0.2, 0.25) is 0 Å². The van der Waals surface area contributed by atoms with E-state index in [9.17, 15) is 0 Å². The molecule has 0 bridgehead atoms. The van der Waals surface area contributed by atoms with Crippen LogP contribution in [0, 0.1) is 31.1 Å². The van der Waals surface area contributed by atoms with Gasteiger partial charge in [0.05, 0.1) is 11.3 Å². The average molecular weight is 275 g/mol. The van der Waals surface area contributed by atoms with E-state index in [0.717, 1.165) is 29.2 Å². The summed E-state index contributed by atoms with van der Waals surface area (Å²) in [5.74, 6) is 2.06. The molecule has 3 unspecified atom stereocenters. The minimum absolute atomic E-state index is 0.0774. The van der Waals surface area contributed by atoms with Gasteiger partial charge < -0.3 is 10.6 Å². The molecule has 2 rings (SSSR count). The van der Waals surface area contributed by atoms with Crippen molar-refractivity contribution < 1.29 is 0 Å². The minimum Gasteiger partial charge on any atom is -0.384 e. The first-order valence-electron chi connectivity index (χ1n) is 7.27. The van der Waals surface area contributed by atoms with Crippen LogP contribution in [0.3, 0.4) is 0 Å². The molecule has 0 aromatic carbocycles. The largest absolute Gasteiger partial charge is 0.384 e. The van der Waals surface area contributed by atoms with Gasteiger partial charge >= 0.3 is 0 Å². The maximum absolute atomic E-state index is 7.88. The maximum atomic E-state index is 7.88. The van der Waals surface area contributed by atoms with Crippen LogP contribution in [0.4, 0.5) is 5.82 Å². The summed E-state index contributed by atoms with van der Waals surface area (Å²) in [6.45, 7) is 11.6. The number of nitrogen functional groups attached to an aromatic ring is 1. The first-order chi connectivity index (χ1) is 9.32. The summed E-state index contributed by atoms with van der Waals surface area (Å²) < 4.78 is 0. The lowest BCUT2D eigenvalue weighted by Crippen LogP contribution is -2.47. The summed E-state index contributed by atoms with van der Waals surface area (Å²) in [6, 6.07) is 0.390. The van der Waals surface area contributed by atoms with Gasteiger partial charge in [-0.2, -0.15) is 5.10 Å². The van der Waals surface area contributed by atoms with Gasteiger partial charge in [-0.15, -0.1) is 5.10 Å². The van der Waals surface area contributed by atoms with Gasteiger partial charge in [-0.05, 0) is 44.6 Å². The van der Waals surface area contributed by atoms with Crippen LogP contribution in [0.25, 0.3) is 0 Å². The highest BCUT2D eigenvalue weighted by Crippen LogP contribution is 2.32. The van der Waals surface area contributed by atoms with Crippen molar-refractivity contribution in [3.63, 3.8) is 0 Å². The first kappa shape index (κ1) is 14.8. The highest BCUT2D eigenvalue weighted by atomic mass is 15.3. The van der Waals surface area contributed by atoms with Gasteiger partial charge in [-0.3, -0.25) is 5.41 Å². The fourth-order valence-corrected chi connectivity index (χ4v) is 3.11. The summed E-state index contributed by atoms with van der Waals surface area (Å²) >= 11 is 0. The third-order valence-electron chi connectivity index (χ3n) is 4.58. The van der Waals surface area contributed by atoms with E-state index in [2.05, 4.69) is 35.9 Å². The second kappa shape index (κ2) is 5.38. The third kappa shape index (κ3) is 2.49. The van der Waals surface area contributed by atoms with Crippen molar-refractivity contribution in [2.45, 2.75) is 47.1 Å². The summed E-state index contributed by atoms with van der Waals surface area (Å²) in [5, 5.41) is 16.5. The minimum atomic E-state index is 0.0774. The van der Waals surface area contributed by atoms with Crippen molar-refractivity contribution in [3.8, 4) is 0 Å². The van der Waals surface area contributed by atoms with Crippen molar-refractivity contribution >= 4 is 11.7 Å². The van der Waals surface area contributed by atoms with Crippen LogP contribution >= 0.6 is 0 Å². The Labute approximate surface area is 121 Å². The normalized spacial score (nSPS) is 26.6. The molecule has 110 valence electrons. The van der Waals surface area contributed by atoms with Crippen LogP contribution in [0.2, 0.25) is 0 Å². The Morgan fingerprint density at radius 2 is 1.90 bits per heavy atom. The number of piperidine rings is 1. The summed E-state index contributed by atoms with van der Waals surface area (Å²) in [5.41, 5.74) is 8.33. The molecule has 1 aromatic heterocycles. The number of aryl methyl sites for hydroxylation is 1. The van der Waals surface area contributed by atoms with Gasteiger partial charge in [-0.25, -0.2) is 0 Å². The molecule has 0 amide bonds. The second-order valence-corrected chi connectivity index (χ2v) is 6.23. The van der Waals surface area contributed by atoms with Crippen LogP contribution in [0.15, 0.2) is 0 Å². The predicted octanol–water partition coefficient (Wildman–Crippen LogP) is 2.25. The molecule has 1 saturated heterocycles. The molecule has 1 aromatic rings. The Balaban J connectivity index is 2.51.